The number of ether oxygens (including phenoxy) is 2. The van der Waals surface area contributed by atoms with Gasteiger partial charge in [-0.15, -0.1) is 0 Å². The molecule has 1 unspecified atom stereocenters. The van der Waals surface area contributed by atoms with Gasteiger partial charge in [-0.05, 0) is 18.2 Å². The van der Waals surface area contributed by atoms with Crippen LogP contribution in [0.1, 0.15) is 11.3 Å². The fourth-order valence-corrected chi connectivity index (χ4v) is 1.76. The average molecular weight is 278 g/mol. The van der Waals surface area contributed by atoms with Gasteiger partial charge in [0.05, 0.1) is 6.61 Å². The topological polar surface area (TPSA) is 47.8 Å². The molecule has 1 fully saturated rings. The highest BCUT2D eigenvalue weighted by atomic mass is 35.5. The standard InChI is InChI=1S/C14H12ClNO3/c15-14-7-11(19-16-14)6-5-10-3-1-2-4-13(10)18-9-12-8-17-12/h1-7,12H,8-9H2. The lowest BCUT2D eigenvalue weighted by molar-refractivity contribution is 0.262. The Labute approximate surface area is 115 Å². The molecular formula is C14H12ClNO3. The van der Waals surface area contributed by atoms with Crippen LogP contribution in [0.25, 0.3) is 12.2 Å². The van der Waals surface area contributed by atoms with E-state index in [-0.39, 0.29) is 6.10 Å². The quantitative estimate of drug-likeness (QED) is 0.787. The van der Waals surface area contributed by atoms with Crippen LogP contribution in [0.2, 0.25) is 5.15 Å². The van der Waals surface area contributed by atoms with Gasteiger partial charge in [0.1, 0.15) is 18.5 Å². The number of halogens is 1. The maximum Gasteiger partial charge on any atom is 0.172 e. The molecule has 19 heavy (non-hydrogen) atoms. The van der Waals surface area contributed by atoms with Crippen molar-refractivity contribution in [3.05, 3.63) is 46.8 Å². The van der Waals surface area contributed by atoms with E-state index in [0.717, 1.165) is 17.9 Å². The van der Waals surface area contributed by atoms with Crippen molar-refractivity contribution < 1.29 is 14.0 Å². The number of hydrogen-bond acceptors (Lipinski definition) is 4. The number of rotatable bonds is 5. The van der Waals surface area contributed by atoms with Crippen LogP contribution in [0, 0.1) is 0 Å². The molecule has 2 heterocycles. The summed E-state index contributed by atoms with van der Waals surface area (Å²) in [7, 11) is 0. The third-order valence-electron chi connectivity index (χ3n) is 2.67. The van der Waals surface area contributed by atoms with Gasteiger partial charge in [0.25, 0.3) is 0 Å². The molecule has 1 aliphatic rings. The summed E-state index contributed by atoms with van der Waals surface area (Å²) in [6.07, 6.45) is 3.94. The van der Waals surface area contributed by atoms with Gasteiger partial charge in [-0.1, -0.05) is 35.0 Å². The van der Waals surface area contributed by atoms with E-state index >= 15 is 0 Å². The van der Waals surface area contributed by atoms with Crippen LogP contribution in [-0.2, 0) is 4.74 Å². The molecule has 98 valence electrons. The van der Waals surface area contributed by atoms with E-state index in [2.05, 4.69) is 5.16 Å². The molecule has 3 rings (SSSR count). The highest BCUT2D eigenvalue weighted by molar-refractivity contribution is 6.29. The van der Waals surface area contributed by atoms with Crippen LogP contribution in [0.15, 0.2) is 34.9 Å². The lowest BCUT2D eigenvalue weighted by Gasteiger charge is -2.07. The zero-order chi connectivity index (χ0) is 13.1. The summed E-state index contributed by atoms with van der Waals surface area (Å²) in [5, 5.41) is 3.95. The molecule has 0 aliphatic carbocycles. The van der Waals surface area contributed by atoms with Crippen LogP contribution >= 0.6 is 11.6 Å². The molecule has 0 saturated carbocycles. The van der Waals surface area contributed by atoms with Crippen molar-refractivity contribution in [2.45, 2.75) is 6.10 Å². The number of nitrogens with zero attached hydrogens (tertiary/aromatic N) is 1. The Morgan fingerprint density at radius 3 is 2.95 bits per heavy atom. The predicted octanol–water partition coefficient (Wildman–Crippen LogP) is 3.28. The summed E-state index contributed by atoms with van der Waals surface area (Å²) in [4.78, 5) is 0. The molecule has 1 aliphatic heterocycles. The molecule has 1 aromatic heterocycles. The minimum atomic E-state index is 0.241. The Morgan fingerprint density at radius 1 is 1.37 bits per heavy atom. The summed E-state index contributed by atoms with van der Waals surface area (Å²) in [6.45, 7) is 1.37. The van der Waals surface area contributed by atoms with E-state index in [4.69, 9.17) is 25.6 Å². The summed E-state index contributed by atoms with van der Waals surface area (Å²) < 4.78 is 15.8. The van der Waals surface area contributed by atoms with Crippen molar-refractivity contribution in [2.24, 2.45) is 0 Å². The SMILES string of the molecule is Clc1cc(C=Cc2ccccc2OCC2CO2)on1. The normalized spacial score (nSPS) is 17.8. The lowest BCUT2D eigenvalue weighted by atomic mass is 10.2. The van der Waals surface area contributed by atoms with Crippen molar-refractivity contribution in [1.82, 2.24) is 5.16 Å². The lowest BCUT2D eigenvalue weighted by Crippen LogP contribution is -2.04. The fraction of sp³-hybridized carbons (Fsp3) is 0.214. The van der Waals surface area contributed by atoms with Gasteiger partial charge in [-0.2, -0.15) is 0 Å². The third-order valence-corrected chi connectivity index (χ3v) is 2.85. The van der Waals surface area contributed by atoms with E-state index in [1.165, 1.54) is 0 Å². The van der Waals surface area contributed by atoms with Gasteiger partial charge in [-0.25, -0.2) is 0 Å². The number of aromatic nitrogens is 1. The fourth-order valence-electron chi connectivity index (χ4n) is 1.61. The zero-order valence-corrected chi connectivity index (χ0v) is 10.8. The number of hydrogen-bond donors (Lipinski definition) is 0. The van der Waals surface area contributed by atoms with E-state index in [1.54, 1.807) is 12.1 Å². The first-order chi connectivity index (χ1) is 9.31. The Kier molecular flexibility index (Phi) is 3.53. The molecular weight excluding hydrogens is 266 g/mol. The van der Waals surface area contributed by atoms with Crippen LogP contribution in [0.3, 0.4) is 0 Å². The molecule has 0 bridgehead atoms. The van der Waals surface area contributed by atoms with E-state index in [0.29, 0.717) is 17.5 Å². The minimum absolute atomic E-state index is 0.241. The third kappa shape index (κ3) is 3.36. The van der Waals surface area contributed by atoms with Gasteiger partial charge in [0, 0.05) is 11.6 Å². The molecule has 1 atom stereocenters. The highest BCUT2D eigenvalue weighted by Crippen LogP contribution is 2.22. The summed E-state index contributed by atoms with van der Waals surface area (Å²) >= 11 is 5.69. The van der Waals surface area contributed by atoms with Gasteiger partial charge in [0.15, 0.2) is 10.9 Å². The molecule has 0 amide bonds. The molecule has 0 N–H and O–H groups in total. The largest absolute Gasteiger partial charge is 0.490 e. The Morgan fingerprint density at radius 2 is 2.21 bits per heavy atom. The monoisotopic (exact) mass is 277 g/mol. The van der Waals surface area contributed by atoms with E-state index < -0.39 is 0 Å². The number of benzene rings is 1. The van der Waals surface area contributed by atoms with Crippen LogP contribution in [0.5, 0.6) is 5.75 Å². The molecule has 2 aromatic rings. The predicted molar refractivity (Wildman–Crippen MR) is 72.1 cm³/mol. The first-order valence-electron chi connectivity index (χ1n) is 5.95. The van der Waals surface area contributed by atoms with Gasteiger partial charge < -0.3 is 14.0 Å². The molecule has 1 saturated heterocycles. The van der Waals surface area contributed by atoms with Crippen molar-refractivity contribution in [2.75, 3.05) is 13.2 Å². The Hall–Kier alpha value is -1.78. The Balaban J connectivity index is 1.73. The van der Waals surface area contributed by atoms with Crippen LogP contribution in [0.4, 0.5) is 0 Å². The number of para-hydroxylation sites is 1. The molecule has 1 aromatic carbocycles. The minimum Gasteiger partial charge on any atom is -0.490 e. The van der Waals surface area contributed by atoms with Crippen molar-refractivity contribution in [3.8, 4) is 5.75 Å². The summed E-state index contributed by atoms with van der Waals surface area (Å²) in [6, 6.07) is 9.44. The average Bonchev–Trinajstić information content (AvgIpc) is 3.17. The van der Waals surface area contributed by atoms with Crippen molar-refractivity contribution in [1.29, 1.82) is 0 Å². The van der Waals surface area contributed by atoms with Crippen LogP contribution in [-0.4, -0.2) is 24.5 Å². The highest BCUT2D eigenvalue weighted by Gasteiger charge is 2.23. The first-order valence-corrected chi connectivity index (χ1v) is 6.33. The second-order valence-electron chi connectivity index (χ2n) is 4.19. The van der Waals surface area contributed by atoms with Gasteiger partial charge in [0.2, 0.25) is 0 Å². The maximum absolute atomic E-state index is 5.71. The van der Waals surface area contributed by atoms with E-state index in [9.17, 15) is 0 Å². The van der Waals surface area contributed by atoms with Crippen LogP contribution < -0.4 is 4.74 Å². The maximum atomic E-state index is 5.71. The summed E-state index contributed by atoms with van der Waals surface area (Å²) in [5.41, 5.74) is 0.968. The second-order valence-corrected chi connectivity index (χ2v) is 4.58. The Bertz CT molecular complexity index is 590. The molecule has 0 spiro atoms. The zero-order valence-electron chi connectivity index (χ0n) is 10.1. The molecule has 5 heteroatoms. The molecule has 4 nitrogen and oxygen atoms in total. The number of epoxide rings is 1. The summed E-state index contributed by atoms with van der Waals surface area (Å²) in [5.74, 6) is 1.42. The van der Waals surface area contributed by atoms with Crippen molar-refractivity contribution in [3.63, 3.8) is 0 Å². The van der Waals surface area contributed by atoms with Gasteiger partial charge in [-0.3, -0.25) is 0 Å². The second kappa shape index (κ2) is 5.47. The van der Waals surface area contributed by atoms with Crippen molar-refractivity contribution >= 4 is 23.8 Å². The molecule has 0 radical (unpaired) electrons. The van der Waals surface area contributed by atoms with E-state index in [1.807, 2.05) is 30.3 Å². The first kappa shape index (κ1) is 12.3. The van der Waals surface area contributed by atoms with Gasteiger partial charge >= 0.3 is 0 Å². The smallest absolute Gasteiger partial charge is 0.172 e.